The lowest BCUT2D eigenvalue weighted by atomic mass is 10.0. The first-order valence-corrected chi connectivity index (χ1v) is 8.40. The number of carbonyl (C=O) groups excluding carboxylic acids is 2. The van der Waals surface area contributed by atoms with E-state index in [1.807, 2.05) is 27.7 Å². The standard InChI is InChI=1S/C16H26N2O4S/c1-9(2)8-11(17-15(20)22-16(4,5)6)13-18-12(10(3)23-13)14(19)21-7/h9,11H,8H2,1-7H3,(H,17,20)/t11-/m1/s1. The van der Waals surface area contributed by atoms with Crippen molar-refractivity contribution in [2.24, 2.45) is 5.92 Å². The van der Waals surface area contributed by atoms with Crippen LogP contribution in [0.1, 0.15) is 67.5 Å². The van der Waals surface area contributed by atoms with Gasteiger partial charge in [0.2, 0.25) is 0 Å². The largest absolute Gasteiger partial charge is 0.464 e. The minimum absolute atomic E-state index is 0.298. The molecular formula is C16H26N2O4S. The summed E-state index contributed by atoms with van der Waals surface area (Å²) in [7, 11) is 1.32. The van der Waals surface area contributed by atoms with Gasteiger partial charge < -0.3 is 14.8 Å². The van der Waals surface area contributed by atoms with E-state index in [0.29, 0.717) is 23.0 Å². The van der Waals surface area contributed by atoms with Crippen LogP contribution in [0.4, 0.5) is 4.79 Å². The number of methoxy groups -OCH3 is 1. The van der Waals surface area contributed by atoms with Crippen molar-refractivity contribution in [3.05, 3.63) is 15.6 Å². The highest BCUT2D eigenvalue weighted by Crippen LogP contribution is 2.28. The minimum Gasteiger partial charge on any atom is -0.464 e. The number of hydrogen-bond donors (Lipinski definition) is 1. The molecule has 0 bridgehead atoms. The number of aromatic nitrogens is 1. The molecule has 0 aliphatic carbocycles. The van der Waals surface area contributed by atoms with E-state index in [-0.39, 0.29) is 6.04 Å². The van der Waals surface area contributed by atoms with Gasteiger partial charge in [-0.2, -0.15) is 0 Å². The molecule has 0 aliphatic heterocycles. The Bertz CT molecular complexity index is 561. The van der Waals surface area contributed by atoms with Gasteiger partial charge in [0.25, 0.3) is 0 Å². The molecule has 0 unspecified atom stereocenters. The summed E-state index contributed by atoms with van der Waals surface area (Å²) in [4.78, 5) is 28.9. The van der Waals surface area contributed by atoms with Gasteiger partial charge in [-0.25, -0.2) is 14.6 Å². The Kier molecular flexibility index (Phi) is 6.56. The van der Waals surface area contributed by atoms with Gasteiger partial charge >= 0.3 is 12.1 Å². The van der Waals surface area contributed by atoms with E-state index in [0.717, 1.165) is 4.88 Å². The lowest BCUT2D eigenvalue weighted by molar-refractivity contribution is 0.0497. The molecule has 6 nitrogen and oxygen atoms in total. The molecule has 1 rings (SSSR count). The summed E-state index contributed by atoms with van der Waals surface area (Å²) >= 11 is 1.39. The Balaban J connectivity index is 2.98. The van der Waals surface area contributed by atoms with Crippen molar-refractivity contribution in [2.45, 2.75) is 59.6 Å². The van der Waals surface area contributed by atoms with Crippen LogP contribution in [0.15, 0.2) is 0 Å². The number of carbonyl (C=O) groups is 2. The van der Waals surface area contributed by atoms with Crippen molar-refractivity contribution >= 4 is 23.4 Å². The summed E-state index contributed by atoms with van der Waals surface area (Å²) < 4.78 is 10.0. The molecule has 1 N–H and O–H groups in total. The monoisotopic (exact) mass is 342 g/mol. The Morgan fingerprint density at radius 2 is 1.91 bits per heavy atom. The molecule has 0 aromatic carbocycles. The predicted octanol–water partition coefficient (Wildman–Crippen LogP) is 3.85. The van der Waals surface area contributed by atoms with Gasteiger partial charge in [0.1, 0.15) is 10.6 Å². The highest BCUT2D eigenvalue weighted by molar-refractivity contribution is 7.12. The van der Waals surface area contributed by atoms with Crippen LogP contribution in [0.25, 0.3) is 0 Å². The lowest BCUT2D eigenvalue weighted by Crippen LogP contribution is -2.35. The lowest BCUT2D eigenvalue weighted by Gasteiger charge is -2.23. The highest BCUT2D eigenvalue weighted by atomic mass is 32.1. The molecule has 1 atom stereocenters. The second-order valence-electron chi connectivity index (χ2n) is 6.78. The smallest absolute Gasteiger partial charge is 0.408 e. The van der Waals surface area contributed by atoms with Gasteiger partial charge in [0, 0.05) is 4.88 Å². The average Bonchev–Trinajstić information content (AvgIpc) is 2.76. The van der Waals surface area contributed by atoms with Crippen LogP contribution in [-0.4, -0.2) is 29.8 Å². The zero-order valence-corrected chi connectivity index (χ0v) is 15.7. The predicted molar refractivity (Wildman–Crippen MR) is 89.8 cm³/mol. The van der Waals surface area contributed by atoms with E-state index < -0.39 is 17.7 Å². The molecule has 1 aromatic rings. The number of nitrogens with zero attached hydrogens (tertiary/aromatic N) is 1. The first kappa shape index (κ1) is 19.4. The zero-order valence-electron chi connectivity index (χ0n) is 14.9. The Morgan fingerprint density at radius 1 is 1.30 bits per heavy atom. The van der Waals surface area contributed by atoms with E-state index in [1.54, 1.807) is 0 Å². The van der Waals surface area contributed by atoms with Gasteiger partial charge in [0.05, 0.1) is 13.2 Å². The van der Waals surface area contributed by atoms with Crippen LogP contribution >= 0.6 is 11.3 Å². The van der Waals surface area contributed by atoms with E-state index in [4.69, 9.17) is 9.47 Å². The summed E-state index contributed by atoms with van der Waals surface area (Å²) in [6.45, 7) is 11.4. The number of amides is 1. The Labute approximate surface area is 141 Å². The quantitative estimate of drug-likeness (QED) is 0.822. The van der Waals surface area contributed by atoms with Gasteiger partial charge in [0.15, 0.2) is 5.69 Å². The van der Waals surface area contributed by atoms with E-state index in [9.17, 15) is 9.59 Å². The van der Waals surface area contributed by atoms with Crippen molar-refractivity contribution < 1.29 is 19.1 Å². The average molecular weight is 342 g/mol. The van der Waals surface area contributed by atoms with Crippen molar-refractivity contribution in [3.63, 3.8) is 0 Å². The number of esters is 1. The third-order valence-electron chi connectivity index (χ3n) is 2.89. The zero-order chi connectivity index (χ0) is 17.8. The molecule has 0 saturated heterocycles. The topological polar surface area (TPSA) is 77.5 Å². The first-order chi connectivity index (χ1) is 10.5. The summed E-state index contributed by atoms with van der Waals surface area (Å²) in [6.07, 6.45) is 0.211. The number of nitrogens with one attached hydrogen (secondary N) is 1. The van der Waals surface area contributed by atoms with Gasteiger partial charge in [-0.15, -0.1) is 11.3 Å². The molecule has 23 heavy (non-hydrogen) atoms. The number of hydrogen-bond acceptors (Lipinski definition) is 6. The summed E-state index contributed by atoms with van der Waals surface area (Å²) in [6, 6.07) is -0.299. The van der Waals surface area contributed by atoms with E-state index >= 15 is 0 Å². The fourth-order valence-corrected chi connectivity index (χ4v) is 2.97. The van der Waals surface area contributed by atoms with Crippen LogP contribution in [0, 0.1) is 12.8 Å². The van der Waals surface area contributed by atoms with Gasteiger partial charge in [-0.3, -0.25) is 0 Å². The van der Waals surface area contributed by atoms with E-state index in [1.165, 1.54) is 18.4 Å². The molecule has 0 fully saturated rings. The molecule has 0 saturated carbocycles. The number of rotatable bonds is 5. The van der Waals surface area contributed by atoms with Crippen LogP contribution in [0.5, 0.6) is 0 Å². The van der Waals surface area contributed by atoms with Gasteiger partial charge in [-0.05, 0) is 40.0 Å². The fourth-order valence-electron chi connectivity index (χ4n) is 1.99. The van der Waals surface area contributed by atoms with Crippen LogP contribution in [0.3, 0.4) is 0 Å². The van der Waals surface area contributed by atoms with Crippen molar-refractivity contribution in [2.75, 3.05) is 7.11 Å². The van der Waals surface area contributed by atoms with Crippen LogP contribution in [0.2, 0.25) is 0 Å². The molecule has 1 heterocycles. The van der Waals surface area contributed by atoms with Crippen LogP contribution < -0.4 is 5.32 Å². The molecule has 0 aliphatic rings. The number of aryl methyl sites for hydroxylation is 1. The van der Waals surface area contributed by atoms with Crippen molar-refractivity contribution in [3.8, 4) is 0 Å². The molecule has 0 spiro atoms. The maximum absolute atomic E-state index is 12.1. The minimum atomic E-state index is -0.567. The number of alkyl carbamates (subject to hydrolysis) is 1. The van der Waals surface area contributed by atoms with Crippen molar-refractivity contribution in [1.29, 1.82) is 0 Å². The summed E-state index contributed by atoms with van der Waals surface area (Å²) in [5, 5.41) is 3.54. The maximum Gasteiger partial charge on any atom is 0.408 e. The summed E-state index contributed by atoms with van der Waals surface area (Å²) in [5.74, 6) is -0.119. The third-order valence-corrected chi connectivity index (χ3v) is 3.97. The molecule has 1 aromatic heterocycles. The molecule has 0 radical (unpaired) electrons. The second-order valence-corrected chi connectivity index (χ2v) is 8.01. The third kappa shape index (κ3) is 6.17. The van der Waals surface area contributed by atoms with Gasteiger partial charge in [-0.1, -0.05) is 13.8 Å². The second kappa shape index (κ2) is 7.77. The fraction of sp³-hybridized carbons (Fsp3) is 0.688. The Hall–Kier alpha value is -1.63. The molecule has 1 amide bonds. The Morgan fingerprint density at radius 3 is 2.39 bits per heavy atom. The molecular weight excluding hydrogens is 316 g/mol. The first-order valence-electron chi connectivity index (χ1n) is 7.58. The molecule has 7 heteroatoms. The van der Waals surface area contributed by atoms with Crippen molar-refractivity contribution in [1.82, 2.24) is 10.3 Å². The van der Waals surface area contributed by atoms with Crippen LogP contribution in [-0.2, 0) is 9.47 Å². The summed E-state index contributed by atoms with van der Waals surface area (Å²) in [5.41, 5.74) is -0.269. The number of ether oxygens (including phenoxy) is 2. The SMILES string of the molecule is COC(=O)c1nc([C@@H](CC(C)C)NC(=O)OC(C)(C)C)sc1C. The van der Waals surface area contributed by atoms with E-state index in [2.05, 4.69) is 24.1 Å². The normalized spacial score (nSPS) is 12.9. The maximum atomic E-state index is 12.1. The molecule has 130 valence electrons. The highest BCUT2D eigenvalue weighted by Gasteiger charge is 2.25. The number of thiazole rings is 1.